The van der Waals surface area contributed by atoms with Gasteiger partial charge >= 0.3 is 6.18 Å². The molecular weight excluding hydrogens is 451 g/mol. The van der Waals surface area contributed by atoms with Crippen LogP contribution in [0.2, 0.25) is 0 Å². The Balaban J connectivity index is 1.54. The van der Waals surface area contributed by atoms with Crippen molar-refractivity contribution in [2.45, 2.75) is 64.2 Å². The normalized spacial score (nSPS) is 21.1. The zero-order valence-corrected chi connectivity index (χ0v) is 20.6. The first kappa shape index (κ1) is 27.2. The molecule has 4 nitrogen and oxygen atoms in total. The fourth-order valence-electron chi connectivity index (χ4n) is 4.78. The summed E-state index contributed by atoms with van der Waals surface area (Å²) in [5.74, 6) is 0.379. The van der Waals surface area contributed by atoms with Crippen LogP contribution in [0.4, 0.5) is 13.2 Å². The van der Waals surface area contributed by atoms with Crippen LogP contribution in [0.1, 0.15) is 51.0 Å². The molecule has 2 aliphatic rings. The minimum absolute atomic E-state index is 0.175. The molecule has 192 valence electrons. The number of rotatable bonds is 10. The molecule has 1 aliphatic carbocycles. The van der Waals surface area contributed by atoms with Gasteiger partial charge in [0.25, 0.3) is 0 Å². The lowest BCUT2D eigenvalue weighted by Crippen LogP contribution is -2.48. The molecule has 0 radical (unpaired) electrons. The third-order valence-corrected chi connectivity index (χ3v) is 6.65. The van der Waals surface area contributed by atoms with Gasteiger partial charge in [0.05, 0.1) is 0 Å². The van der Waals surface area contributed by atoms with Gasteiger partial charge in [0.2, 0.25) is 5.91 Å². The van der Waals surface area contributed by atoms with Crippen molar-refractivity contribution in [1.29, 1.82) is 0 Å². The number of allylic oxidation sites excluding steroid dienone is 3. The number of alkyl halides is 3. The molecule has 0 aromatic heterocycles. The fourth-order valence-corrected chi connectivity index (χ4v) is 4.78. The van der Waals surface area contributed by atoms with Gasteiger partial charge in [0, 0.05) is 44.2 Å². The monoisotopic (exact) mass is 489 g/mol. The van der Waals surface area contributed by atoms with Gasteiger partial charge in [-0.25, -0.2) is 0 Å². The van der Waals surface area contributed by atoms with Crippen molar-refractivity contribution in [2.24, 2.45) is 5.92 Å². The van der Waals surface area contributed by atoms with Gasteiger partial charge in [-0.3, -0.25) is 9.69 Å². The first-order chi connectivity index (χ1) is 16.8. The maximum atomic E-state index is 12.8. The molecule has 0 spiro atoms. The average molecular weight is 490 g/mol. The Labute approximate surface area is 207 Å². The van der Waals surface area contributed by atoms with Gasteiger partial charge in [-0.2, -0.15) is 13.2 Å². The quantitative estimate of drug-likeness (QED) is 0.424. The zero-order chi connectivity index (χ0) is 25.1. The number of halogens is 3. The molecule has 1 atom stereocenters. The Kier molecular flexibility index (Phi) is 10.6. The van der Waals surface area contributed by atoms with Gasteiger partial charge in [-0.05, 0) is 50.3 Å². The number of carbonyl (C=O) groups excluding carboxylic acids is 1. The third-order valence-electron chi connectivity index (χ3n) is 6.65. The van der Waals surface area contributed by atoms with Crippen molar-refractivity contribution in [3.63, 3.8) is 0 Å². The van der Waals surface area contributed by atoms with Crippen LogP contribution >= 0.6 is 0 Å². The lowest BCUT2D eigenvalue weighted by atomic mass is 10.0. The van der Waals surface area contributed by atoms with E-state index in [0.29, 0.717) is 31.3 Å². The van der Waals surface area contributed by atoms with Gasteiger partial charge < -0.3 is 10.6 Å². The lowest BCUT2D eigenvalue weighted by molar-refractivity contribution is -0.125. The second-order valence-electron chi connectivity index (χ2n) is 9.72. The largest absolute Gasteiger partial charge is 0.409 e. The van der Waals surface area contributed by atoms with Crippen LogP contribution in [0.15, 0.2) is 65.8 Å². The van der Waals surface area contributed by atoms with Crippen molar-refractivity contribution in [2.75, 3.05) is 26.2 Å². The van der Waals surface area contributed by atoms with Gasteiger partial charge in [-0.1, -0.05) is 67.0 Å². The standard InChI is InChI=1S/C28H38F3N3O/c1-22(14-17-34-16-7-12-26(21-34)33-27(35)25-10-5-6-11-25)18-24(13-15-28(29,30)31)20-32-19-23-8-3-2-4-9-23/h2-4,8-9,13-15,18,25-26,32H,5-7,10-12,16-17,19-21H2,1H3,(H,33,35). The average Bonchev–Trinajstić information content (AvgIpc) is 3.37. The molecule has 1 saturated heterocycles. The Morgan fingerprint density at radius 1 is 1.11 bits per heavy atom. The van der Waals surface area contributed by atoms with Crippen LogP contribution in [0.5, 0.6) is 0 Å². The number of benzene rings is 1. The van der Waals surface area contributed by atoms with Crippen LogP contribution in [0.3, 0.4) is 0 Å². The van der Waals surface area contributed by atoms with E-state index in [2.05, 4.69) is 21.6 Å². The molecule has 1 heterocycles. The second kappa shape index (κ2) is 13.6. The Morgan fingerprint density at radius 2 is 1.86 bits per heavy atom. The minimum Gasteiger partial charge on any atom is -0.352 e. The maximum absolute atomic E-state index is 12.8. The molecule has 3 rings (SSSR count). The summed E-state index contributed by atoms with van der Waals surface area (Å²) < 4.78 is 38.3. The van der Waals surface area contributed by atoms with E-state index >= 15 is 0 Å². The highest BCUT2D eigenvalue weighted by Crippen LogP contribution is 2.25. The number of hydrogen-bond acceptors (Lipinski definition) is 3. The maximum Gasteiger partial charge on any atom is 0.409 e. The summed E-state index contributed by atoms with van der Waals surface area (Å²) >= 11 is 0. The Hall–Kier alpha value is -2.38. The van der Waals surface area contributed by atoms with Crippen LogP contribution in [-0.2, 0) is 11.3 Å². The van der Waals surface area contributed by atoms with Gasteiger partial charge in [-0.15, -0.1) is 0 Å². The topological polar surface area (TPSA) is 44.4 Å². The Morgan fingerprint density at radius 3 is 2.57 bits per heavy atom. The van der Waals surface area contributed by atoms with Crippen LogP contribution < -0.4 is 10.6 Å². The predicted octanol–water partition coefficient (Wildman–Crippen LogP) is 5.54. The Bertz CT molecular complexity index is 886. The van der Waals surface area contributed by atoms with Crippen molar-refractivity contribution in [1.82, 2.24) is 15.5 Å². The summed E-state index contributed by atoms with van der Waals surface area (Å²) in [7, 11) is 0. The van der Waals surface area contributed by atoms with E-state index in [9.17, 15) is 18.0 Å². The molecule has 1 unspecified atom stereocenters. The van der Waals surface area contributed by atoms with Gasteiger partial charge in [0.15, 0.2) is 0 Å². The molecular formula is C28H38F3N3O. The second-order valence-corrected chi connectivity index (χ2v) is 9.72. The molecule has 1 aliphatic heterocycles. The lowest BCUT2D eigenvalue weighted by Gasteiger charge is -2.33. The van der Waals surface area contributed by atoms with Crippen molar-refractivity contribution in [3.8, 4) is 0 Å². The smallest absolute Gasteiger partial charge is 0.352 e. The van der Waals surface area contributed by atoms with Crippen LogP contribution in [-0.4, -0.2) is 49.2 Å². The molecule has 2 N–H and O–H groups in total. The molecule has 1 aromatic rings. The number of piperidine rings is 1. The van der Waals surface area contributed by atoms with E-state index in [-0.39, 0.29) is 17.9 Å². The van der Waals surface area contributed by atoms with Crippen molar-refractivity contribution < 1.29 is 18.0 Å². The summed E-state index contributed by atoms with van der Waals surface area (Å²) in [6, 6.07) is 9.95. The summed E-state index contributed by atoms with van der Waals surface area (Å²) in [6.45, 7) is 5.33. The predicted molar refractivity (Wildman–Crippen MR) is 135 cm³/mol. The minimum atomic E-state index is -4.35. The van der Waals surface area contributed by atoms with E-state index < -0.39 is 6.18 Å². The summed E-state index contributed by atoms with van der Waals surface area (Å²) in [6.07, 6.45) is 7.28. The molecule has 35 heavy (non-hydrogen) atoms. The summed E-state index contributed by atoms with van der Waals surface area (Å²) in [4.78, 5) is 14.8. The molecule has 1 saturated carbocycles. The highest BCUT2D eigenvalue weighted by atomic mass is 19.4. The van der Waals surface area contributed by atoms with E-state index in [4.69, 9.17) is 0 Å². The molecule has 7 heteroatoms. The van der Waals surface area contributed by atoms with Crippen molar-refractivity contribution in [3.05, 3.63) is 71.3 Å². The third kappa shape index (κ3) is 10.4. The number of carbonyl (C=O) groups is 1. The van der Waals surface area contributed by atoms with E-state index in [0.717, 1.165) is 68.8 Å². The summed E-state index contributed by atoms with van der Waals surface area (Å²) in [5.41, 5.74) is 2.58. The highest BCUT2D eigenvalue weighted by Gasteiger charge is 2.27. The van der Waals surface area contributed by atoms with E-state index in [1.54, 1.807) is 0 Å². The van der Waals surface area contributed by atoms with Gasteiger partial charge in [0.1, 0.15) is 0 Å². The number of nitrogens with zero attached hydrogens (tertiary/aromatic N) is 1. The van der Waals surface area contributed by atoms with E-state index in [1.807, 2.05) is 43.3 Å². The molecule has 1 aromatic carbocycles. The molecule has 0 bridgehead atoms. The fraction of sp³-hybridized carbons (Fsp3) is 0.536. The van der Waals surface area contributed by atoms with E-state index in [1.165, 1.54) is 0 Å². The zero-order valence-electron chi connectivity index (χ0n) is 20.6. The number of nitrogens with one attached hydrogen (secondary N) is 2. The number of amides is 1. The first-order valence-electron chi connectivity index (χ1n) is 12.7. The number of likely N-dealkylation sites (tertiary alicyclic amines) is 1. The highest BCUT2D eigenvalue weighted by molar-refractivity contribution is 5.79. The number of hydrogen-bond donors (Lipinski definition) is 2. The first-order valence-corrected chi connectivity index (χ1v) is 12.7. The van der Waals surface area contributed by atoms with Crippen LogP contribution in [0.25, 0.3) is 0 Å². The molecule has 1 amide bonds. The van der Waals surface area contributed by atoms with Crippen LogP contribution in [0, 0.1) is 5.92 Å². The molecule has 2 fully saturated rings. The van der Waals surface area contributed by atoms with Crippen molar-refractivity contribution >= 4 is 5.91 Å². The SMILES string of the molecule is CC(=CCN1CCCC(NC(=O)C2CCCC2)C1)C=C(C=CC(F)(F)F)CNCc1ccccc1. The summed E-state index contributed by atoms with van der Waals surface area (Å²) in [5, 5.41) is 6.47.